The second kappa shape index (κ2) is 8.64. The summed E-state index contributed by atoms with van der Waals surface area (Å²) in [5.74, 6) is -9.06. The predicted molar refractivity (Wildman–Crippen MR) is 70.4 cm³/mol. The molecule has 0 aliphatic heterocycles. The molecule has 5 nitrogen and oxygen atoms in total. The van der Waals surface area contributed by atoms with Crippen molar-refractivity contribution in [3.63, 3.8) is 0 Å². The average Bonchev–Trinajstić information content (AvgIpc) is 2.50. The molecule has 23 heavy (non-hydrogen) atoms. The molecule has 0 heterocycles. The first-order valence-electron chi connectivity index (χ1n) is 6.14. The molecule has 0 saturated heterocycles. The van der Waals surface area contributed by atoms with E-state index in [1.165, 1.54) is 6.08 Å². The minimum absolute atomic E-state index is 0.428. The number of unbranched alkanes of at least 4 members (excludes halogenated alkanes) is 1. The lowest BCUT2D eigenvalue weighted by Crippen LogP contribution is -2.14. The number of hydrogen-bond acceptors (Lipinski definition) is 6. The third-order valence-electron chi connectivity index (χ3n) is 2.58. The van der Waals surface area contributed by atoms with Crippen molar-refractivity contribution in [1.29, 1.82) is 0 Å². The lowest BCUT2D eigenvalue weighted by molar-refractivity contribution is -0.777. The van der Waals surface area contributed by atoms with Gasteiger partial charge in [0, 0.05) is 0 Å². The van der Waals surface area contributed by atoms with Crippen molar-refractivity contribution in [2.45, 2.75) is 29.6 Å². The summed E-state index contributed by atoms with van der Waals surface area (Å²) >= 11 is -0.428. The average molecular weight is 375 g/mol. The van der Waals surface area contributed by atoms with Crippen LogP contribution in [0.5, 0.6) is 0 Å². The van der Waals surface area contributed by atoms with Crippen LogP contribution in [0.15, 0.2) is 21.9 Å². The Hall–Kier alpha value is -1.14. The number of hydrogen-bond donors (Lipinski definition) is 0. The van der Waals surface area contributed by atoms with Crippen molar-refractivity contribution in [2.75, 3.05) is 5.75 Å². The van der Waals surface area contributed by atoms with Crippen molar-refractivity contribution in [2.24, 2.45) is 0 Å². The van der Waals surface area contributed by atoms with Crippen LogP contribution in [0.4, 0.5) is 17.6 Å². The standard InChI is InChI=1S/C12H12F4O5S2/c1-2-3-4-5-6-23(18,19)12-9(15)7(13)11(22-21-20-17)8(14)10(12)16/h4-5,17H,2-3,6H2,1H3/p-1/b5-4+. The molecule has 1 aromatic carbocycles. The highest BCUT2D eigenvalue weighted by Crippen LogP contribution is 2.34. The molecule has 11 heteroatoms. The van der Waals surface area contributed by atoms with Crippen LogP contribution in [-0.2, 0) is 19.2 Å². The number of allylic oxidation sites excluding steroid dienone is 1. The van der Waals surface area contributed by atoms with Crippen LogP contribution in [-0.4, -0.2) is 14.2 Å². The molecule has 1 aromatic rings. The van der Waals surface area contributed by atoms with Gasteiger partial charge in [0.15, 0.2) is 33.1 Å². The molecule has 0 amide bonds. The fraction of sp³-hybridized carbons (Fsp3) is 0.333. The molecular weight excluding hydrogens is 364 g/mol. The Morgan fingerprint density at radius 3 is 2.13 bits per heavy atom. The third kappa shape index (κ3) is 4.67. The summed E-state index contributed by atoms with van der Waals surface area (Å²) in [6.07, 6.45) is 3.84. The topological polar surface area (TPSA) is 75.7 Å². The highest BCUT2D eigenvalue weighted by molar-refractivity contribution is 7.94. The molecule has 0 unspecified atom stereocenters. The SMILES string of the molecule is CCC/C=C/CS(=O)(=O)c1c(F)c(F)c(SOO[O-])c(F)c1F. The van der Waals surface area contributed by atoms with Crippen molar-refractivity contribution in [3.05, 3.63) is 35.4 Å². The number of benzene rings is 1. The molecule has 0 fully saturated rings. The first kappa shape index (κ1) is 19.9. The molecule has 1 rings (SSSR count). The van der Waals surface area contributed by atoms with E-state index in [0.717, 1.165) is 12.5 Å². The molecule has 0 saturated carbocycles. The highest BCUT2D eigenvalue weighted by atomic mass is 32.2. The Morgan fingerprint density at radius 1 is 1.09 bits per heavy atom. The van der Waals surface area contributed by atoms with Crippen LogP contribution in [0.25, 0.3) is 0 Å². The van der Waals surface area contributed by atoms with Crippen LogP contribution in [0.2, 0.25) is 0 Å². The van der Waals surface area contributed by atoms with Crippen LogP contribution >= 0.6 is 12.0 Å². The van der Waals surface area contributed by atoms with Crippen molar-refractivity contribution in [3.8, 4) is 0 Å². The Labute approximate surface area is 133 Å². The van der Waals surface area contributed by atoms with E-state index in [0.29, 0.717) is 6.42 Å². The quantitative estimate of drug-likeness (QED) is 0.174. The molecule has 0 N–H and O–H groups in total. The second-order valence-corrected chi connectivity index (χ2v) is 6.86. The zero-order valence-electron chi connectivity index (χ0n) is 11.6. The summed E-state index contributed by atoms with van der Waals surface area (Å²) < 4.78 is 82.4. The zero-order chi connectivity index (χ0) is 17.6. The van der Waals surface area contributed by atoms with E-state index in [2.05, 4.69) is 9.37 Å². The normalized spacial score (nSPS) is 12.3. The van der Waals surface area contributed by atoms with Gasteiger partial charge in [-0.3, -0.25) is 5.04 Å². The van der Waals surface area contributed by atoms with E-state index >= 15 is 0 Å². The van der Waals surface area contributed by atoms with Gasteiger partial charge < -0.3 is 5.26 Å². The summed E-state index contributed by atoms with van der Waals surface area (Å²) in [6.45, 7) is 1.83. The number of halogens is 4. The van der Waals surface area contributed by atoms with Crippen LogP contribution < -0.4 is 5.26 Å². The zero-order valence-corrected chi connectivity index (χ0v) is 13.3. The summed E-state index contributed by atoms with van der Waals surface area (Å²) in [5, 5.41) is 12.4. The Bertz CT molecular complexity index is 662. The van der Waals surface area contributed by atoms with Gasteiger partial charge in [0.05, 0.1) is 17.8 Å². The van der Waals surface area contributed by atoms with Crippen LogP contribution in [0, 0.1) is 23.3 Å². The van der Waals surface area contributed by atoms with Gasteiger partial charge in [0.1, 0.15) is 9.79 Å². The summed E-state index contributed by atoms with van der Waals surface area (Å²) in [5.41, 5.74) is 0. The summed E-state index contributed by atoms with van der Waals surface area (Å²) in [6, 6.07) is 0. The smallest absolute Gasteiger partial charge is 0.187 e. The lowest BCUT2D eigenvalue weighted by Gasteiger charge is -2.11. The summed E-state index contributed by atoms with van der Waals surface area (Å²) in [4.78, 5) is -3.10. The Balaban J connectivity index is 3.32. The van der Waals surface area contributed by atoms with Gasteiger partial charge in [-0.1, -0.05) is 25.5 Å². The van der Waals surface area contributed by atoms with E-state index in [-0.39, 0.29) is 0 Å². The molecule has 0 spiro atoms. The van der Waals surface area contributed by atoms with Crippen LogP contribution in [0.1, 0.15) is 19.8 Å². The highest BCUT2D eigenvalue weighted by Gasteiger charge is 2.33. The van der Waals surface area contributed by atoms with E-state index in [9.17, 15) is 31.2 Å². The largest absolute Gasteiger partial charge is 0.691 e. The lowest BCUT2D eigenvalue weighted by atomic mass is 10.3. The fourth-order valence-corrected chi connectivity index (χ4v) is 3.25. The van der Waals surface area contributed by atoms with E-state index in [4.69, 9.17) is 0 Å². The maximum absolute atomic E-state index is 13.8. The predicted octanol–water partition coefficient (Wildman–Crippen LogP) is 2.60. The van der Waals surface area contributed by atoms with E-state index < -0.39 is 60.7 Å². The van der Waals surface area contributed by atoms with Gasteiger partial charge in [-0.05, 0) is 6.42 Å². The minimum atomic E-state index is -4.64. The third-order valence-corrected chi connectivity index (χ3v) is 4.84. The first-order valence-corrected chi connectivity index (χ1v) is 8.54. The molecule has 0 aliphatic rings. The van der Waals surface area contributed by atoms with Crippen molar-refractivity contribution >= 4 is 21.9 Å². The van der Waals surface area contributed by atoms with Crippen LogP contribution in [0.3, 0.4) is 0 Å². The van der Waals surface area contributed by atoms with Crippen molar-refractivity contribution < 1.29 is 40.6 Å². The summed E-state index contributed by atoms with van der Waals surface area (Å²) in [7, 11) is -4.64. The van der Waals surface area contributed by atoms with E-state index in [1.807, 2.05) is 6.92 Å². The van der Waals surface area contributed by atoms with Gasteiger partial charge in [-0.15, -0.1) is 0 Å². The molecular formula is C12H11F4O5S2-. The molecule has 0 radical (unpaired) electrons. The molecule has 0 bridgehead atoms. The number of rotatable bonds is 8. The molecule has 0 aliphatic carbocycles. The molecule has 0 atom stereocenters. The monoisotopic (exact) mass is 375 g/mol. The molecule has 0 aromatic heterocycles. The Morgan fingerprint density at radius 2 is 1.65 bits per heavy atom. The fourth-order valence-electron chi connectivity index (χ4n) is 1.55. The maximum atomic E-state index is 13.8. The maximum Gasteiger partial charge on any atom is 0.187 e. The van der Waals surface area contributed by atoms with Crippen molar-refractivity contribution in [1.82, 2.24) is 0 Å². The second-order valence-electron chi connectivity index (χ2n) is 4.18. The van der Waals surface area contributed by atoms with Gasteiger partial charge >= 0.3 is 0 Å². The van der Waals surface area contributed by atoms with Gasteiger partial charge in [0.2, 0.25) is 0 Å². The van der Waals surface area contributed by atoms with Gasteiger partial charge in [0.25, 0.3) is 0 Å². The Kier molecular flexibility index (Phi) is 7.48. The first-order chi connectivity index (χ1) is 10.8. The minimum Gasteiger partial charge on any atom is -0.691 e. The van der Waals surface area contributed by atoms with Gasteiger partial charge in [-0.2, -0.15) is 4.33 Å². The van der Waals surface area contributed by atoms with Gasteiger partial charge in [-0.25, -0.2) is 26.0 Å². The molecule has 130 valence electrons. The number of sulfone groups is 1. The van der Waals surface area contributed by atoms with E-state index in [1.54, 1.807) is 0 Å².